The van der Waals surface area contributed by atoms with Gasteiger partial charge in [-0.3, -0.25) is 0 Å². The third kappa shape index (κ3) is 2.19. The zero-order chi connectivity index (χ0) is 13.5. The predicted molar refractivity (Wildman–Crippen MR) is 77.8 cm³/mol. The van der Waals surface area contributed by atoms with Crippen LogP contribution in [0.25, 0.3) is 0 Å². The molecule has 1 N–H and O–H groups in total. The zero-order valence-corrected chi connectivity index (χ0v) is 12.7. The van der Waals surface area contributed by atoms with E-state index in [0.29, 0.717) is 17.8 Å². The minimum absolute atomic E-state index is 0.191. The first-order valence-electron chi connectivity index (χ1n) is 6.99. The van der Waals surface area contributed by atoms with Crippen LogP contribution < -0.4 is 5.32 Å². The van der Waals surface area contributed by atoms with Gasteiger partial charge in [0.05, 0.1) is 11.8 Å². The van der Waals surface area contributed by atoms with Crippen LogP contribution >= 0.6 is 15.9 Å². The van der Waals surface area contributed by atoms with Crippen LogP contribution in [0.3, 0.4) is 0 Å². The van der Waals surface area contributed by atoms with Crippen molar-refractivity contribution in [1.29, 1.82) is 0 Å². The van der Waals surface area contributed by atoms with Crippen LogP contribution in [0.5, 0.6) is 0 Å². The molecule has 0 bridgehead atoms. The Morgan fingerprint density at radius 3 is 2.84 bits per heavy atom. The van der Waals surface area contributed by atoms with Gasteiger partial charge in [0.1, 0.15) is 5.82 Å². The molecule has 1 aromatic carbocycles. The van der Waals surface area contributed by atoms with Crippen molar-refractivity contribution in [2.75, 3.05) is 11.9 Å². The Morgan fingerprint density at radius 2 is 2.26 bits per heavy atom. The van der Waals surface area contributed by atoms with Gasteiger partial charge in [0, 0.05) is 22.5 Å². The maximum atomic E-state index is 13.9. The number of nitrogens with one attached hydrogen (secondary N) is 1. The van der Waals surface area contributed by atoms with Crippen LogP contribution in [0.2, 0.25) is 0 Å². The van der Waals surface area contributed by atoms with Gasteiger partial charge < -0.3 is 10.1 Å². The van der Waals surface area contributed by atoms with Crippen molar-refractivity contribution in [3.8, 4) is 0 Å². The highest BCUT2D eigenvalue weighted by molar-refractivity contribution is 9.10. The van der Waals surface area contributed by atoms with E-state index in [9.17, 15) is 4.39 Å². The fraction of sp³-hybridized carbons (Fsp3) is 0.600. The molecule has 0 aromatic heterocycles. The second-order valence-electron chi connectivity index (χ2n) is 5.59. The van der Waals surface area contributed by atoms with Gasteiger partial charge in [0.25, 0.3) is 0 Å². The molecule has 2 aliphatic carbocycles. The summed E-state index contributed by atoms with van der Waals surface area (Å²) in [5, 5.41) is 3.38. The lowest BCUT2D eigenvalue weighted by Crippen LogP contribution is -2.64. The van der Waals surface area contributed by atoms with Gasteiger partial charge >= 0.3 is 0 Å². The molecule has 2 unspecified atom stereocenters. The maximum Gasteiger partial charge on any atom is 0.147 e. The van der Waals surface area contributed by atoms with Gasteiger partial charge in [-0.15, -0.1) is 0 Å². The molecule has 19 heavy (non-hydrogen) atoms. The minimum atomic E-state index is -0.191. The lowest BCUT2D eigenvalue weighted by Gasteiger charge is -2.61. The van der Waals surface area contributed by atoms with Gasteiger partial charge in [0.2, 0.25) is 0 Å². The summed E-state index contributed by atoms with van der Waals surface area (Å²) >= 11 is 3.28. The summed E-state index contributed by atoms with van der Waals surface area (Å²) in [5.74, 6) is -0.191. The number of rotatable bonds is 4. The molecule has 2 atom stereocenters. The highest BCUT2D eigenvalue weighted by Gasteiger charge is 2.58. The molecule has 104 valence electrons. The van der Waals surface area contributed by atoms with E-state index in [1.807, 2.05) is 13.0 Å². The maximum absolute atomic E-state index is 13.9. The van der Waals surface area contributed by atoms with Gasteiger partial charge in [-0.1, -0.05) is 22.4 Å². The summed E-state index contributed by atoms with van der Waals surface area (Å²) in [6, 6.07) is 5.54. The molecule has 2 nitrogen and oxygen atoms in total. The van der Waals surface area contributed by atoms with Crippen molar-refractivity contribution >= 4 is 21.6 Å². The first-order chi connectivity index (χ1) is 9.15. The third-order valence-corrected chi connectivity index (χ3v) is 5.19. The molecule has 2 aliphatic rings. The van der Waals surface area contributed by atoms with E-state index in [-0.39, 0.29) is 11.2 Å². The van der Waals surface area contributed by atoms with E-state index >= 15 is 0 Å². The van der Waals surface area contributed by atoms with Gasteiger partial charge in [-0.2, -0.15) is 0 Å². The molecule has 1 spiro atoms. The summed E-state index contributed by atoms with van der Waals surface area (Å²) < 4.78 is 20.5. The number of halogens is 2. The van der Waals surface area contributed by atoms with Crippen molar-refractivity contribution < 1.29 is 9.13 Å². The number of hydrogen-bond acceptors (Lipinski definition) is 2. The number of hydrogen-bond donors (Lipinski definition) is 1. The molecular formula is C15H19BrFNO. The Bertz CT molecular complexity index is 475. The summed E-state index contributed by atoms with van der Waals surface area (Å²) in [4.78, 5) is 0. The van der Waals surface area contributed by atoms with Crippen LogP contribution in [-0.2, 0) is 4.74 Å². The van der Waals surface area contributed by atoms with Gasteiger partial charge in [-0.05, 0) is 44.4 Å². The van der Waals surface area contributed by atoms with Crippen LogP contribution in [0.15, 0.2) is 22.7 Å². The predicted octanol–water partition coefficient (Wildman–Crippen LogP) is 4.35. The Morgan fingerprint density at radius 1 is 1.47 bits per heavy atom. The van der Waals surface area contributed by atoms with Crippen LogP contribution in [0.1, 0.15) is 32.6 Å². The lowest BCUT2D eigenvalue weighted by molar-refractivity contribution is -0.157. The quantitative estimate of drug-likeness (QED) is 0.887. The first-order valence-corrected chi connectivity index (χ1v) is 7.78. The highest BCUT2D eigenvalue weighted by Crippen LogP contribution is 2.58. The summed E-state index contributed by atoms with van der Waals surface area (Å²) in [7, 11) is 0. The Hall–Kier alpha value is -0.610. The van der Waals surface area contributed by atoms with Crippen LogP contribution in [0.4, 0.5) is 10.1 Å². The highest BCUT2D eigenvalue weighted by atomic mass is 79.9. The Balaban J connectivity index is 1.71. The standard InChI is InChI=1S/C15H19BrFNO/c1-2-19-14-9-13(15(14)6-3-7-15)18-12-5-4-10(16)8-11(12)17/h4-5,8,13-14,18H,2-3,6-7,9H2,1H3. The summed E-state index contributed by atoms with van der Waals surface area (Å²) in [6.45, 7) is 2.81. The molecule has 4 heteroatoms. The first kappa shape index (κ1) is 13.4. The second kappa shape index (κ2) is 5.06. The average Bonchev–Trinajstić information content (AvgIpc) is 2.28. The molecule has 2 fully saturated rings. The molecule has 1 aromatic rings. The Labute approximate surface area is 121 Å². The van der Waals surface area contributed by atoms with E-state index in [2.05, 4.69) is 21.2 Å². The molecule has 0 saturated heterocycles. The molecule has 0 heterocycles. The second-order valence-corrected chi connectivity index (χ2v) is 6.50. The van der Waals surface area contributed by atoms with Gasteiger partial charge in [0.15, 0.2) is 0 Å². The zero-order valence-electron chi connectivity index (χ0n) is 11.1. The monoisotopic (exact) mass is 327 g/mol. The van der Waals surface area contributed by atoms with Crippen molar-refractivity contribution in [2.24, 2.45) is 5.41 Å². The van der Waals surface area contributed by atoms with E-state index in [0.717, 1.165) is 17.5 Å². The van der Waals surface area contributed by atoms with E-state index < -0.39 is 0 Å². The largest absolute Gasteiger partial charge is 0.379 e. The molecular weight excluding hydrogens is 309 g/mol. The number of anilines is 1. The van der Waals surface area contributed by atoms with Crippen molar-refractivity contribution in [2.45, 2.75) is 44.8 Å². The number of ether oxygens (including phenoxy) is 1. The van der Waals surface area contributed by atoms with Crippen LogP contribution in [-0.4, -0.2) is 18.8 Å². The SMILES string of the molecule is CCOC1CC(Nc2ccc(Br)cc2F)C12CCC2. The topological polar surface area (TPSA) is 21.3 Å². The molecule has 0 aliphatic heterocycles. The summed E-state index contributed by atoms with van der Waals surface area (Å²) in [6.07, 6.45) is 5.02. The van der Waals surface area contributed by atoms with Crippen molar-refractivity contribution in [3.63, 3.8) is 0 Å². The molecule has 3 rings (SSSR count). The third-order valence-electron chi connectivity index (χ3n) is 4.70. The smallest absolute Gasteiger partial charge is 0.147 e. The summed E-state index contributed by atoms with van der Waals surface area (Å²) in [5.41, 5.74) is 0.865. The lowest BCUT2D eigenvalue weighted by atomic mass is 9.51. The normalized spacial score (nSPS) is 27.7. The van der Waals surface area contributed by atoms with Crippen molar-refractivity contribution in [1.82, 2.24) is 0 Å². The van der Waals surface area contributed by atoms with E-state index in [4.69, 9.17) is 4.74 Å². The van der Waals surface area contributed by atoms with Crippen molar-refractivity contribution in [3.05, 3.63) is 28.5 Å². The molecule has 0 amide bonds. The molecule has 2 saturated carbocycles. The van der Waals surface area contributed by atoms with E-state index in [1.54, 1.807) is 6.07 Å². The van der Waals surface area contributed by atoms with Gasteiger partial charge in [-0.25, -0.2) is 4.39 Å². The minimum Gasteiger partial charge on any atom is -0.379 e. The molecule has 0 radical (unpaired) electrons. The average molecular weight is 328 g/mol. The fourth-order valence-corrected chi connectivity index (χ4v) is 3.77. The Kier molecular flexibility index (Phi) is 3.56. The van der Waals surface area contributed by atoms with E-state index in [1.165, 1.54) is 25.3 Å². The number of benzene rings is 1. The fourth-order valence-electron chi connectivity index (χ4n) is 3.43. The van der Waals surface area contributed by atoms with Crippen LogP contribution in [0, 0.1) is 11.2 Å².